The van der Waals surface area contributed by atoms with Crippen molar-refractivity contribution < 1.29 is 0 Å². The Morgan fingerprint density at radius 1 is 1.20 bits per heavy atom. The fourth-order valence-electron chi connectivity index (χ4n) is 1.29. The summed E-state index contributed by atoms with van der Waals surface area (Å²) in [6.45, 7) is 0. The highest BCUT2D eigenvalue weighted by Gasteiger charge is 2.08. The summed E-state index contributed by atoms with van der Waals surface area (Å²) < 4.78 is 1.26. The Balaban J connectivity index is 2.41. The third-order valence-electron chi connectivity index (χ3n) is 2.15. The molecule has 0 aliphatic rings. The molecule has 1 aromatic heterocycles. The second kappa shape index (κ2) is 3.49. The zero-order valence-corrected chi connectivity index (χ0v) is 8.31. The molecule has 5 N–H and O–H groups in total. The summed E-state index contributed by atoms with van der Waals surface area (Å²) in [6.07, 6.45) is 0. The lowest BCUT2D eigenvalue weighted by Crippen LogP contribution is -2.13. The number of nitrogens with two attached hydrogens (primary N) is 2. The van der Waals surface area contributed by atoms with E-state index in [9.17, 15) is 0 Å². The van der Waals surface area contributed by atoms with Crippen molar-refractivity contribution in [3.8, 4) is 11.4 Å². The van der Waals surface area contributed by atoms with E-state index in [0.717, 1.165) is 11.3 Å². The third kappa shape index (κ3) is 1.56. The minimum Gasteiger partial charge on any atom is -0.388 e. The number of nitrogens with zero attached hydrogens (tertiary/aromatic N) is 3. The summed E-state index contributed by atoms with van der Waals surface area (Å²) in [4.78, 5) is 0. The minimum absolute atomic E-state index is 0.197. The van der Waals surface area contributed by atoms with E-state index < -0.39 is 0 Å². The van der Waals surface area contributed by atoms with Crippen LogP contribution in [0.3, 0.4) is 0 Å². The van der Waals surface area contributed by atoms with Crippen LogP contribution < -0.4 is 16.9 Å². The molecule has 1 heterocycles. The highest BCUT2D eigenvalue weighted by Crippen LogP contribution is 2.19. The van der Waals surface area contributed by atoms with Gasteiger partial charge in [0.2, 0.25) is 5.95 Å². The molecule has 0 amide bonds. The first kappa shape index (κ1) is 9.32. The van der Waals surface area contributed by atoms with E-state index in [2.05, 4.69) is 15.5 Å². The Kier molecular flexibility index (Phi) is 2.17. The second-order valence-electron chi connectivity index (χ2n) is 3.08. The van der Waals surface area contributed by atoms with Gasteiger partial charge < -0.3 is 16.9 Å². The topological polar surface area (TPSA) is 94.8 Å². The summed E-state index contributed by atoms with van der Waals surface area (Å²) in [5, 5.41) is 10.6. The van der Waals surface area contributed by atoms with Gasteiger partial charge in [-0.05, 0) is 24.3 Å². The lowest BCUT2D eigenvalue weighted by atomic mass is 10.2. The zero-order valence-electron chi connectivity index (χ0n) is 8.31. The van der Waals surface area contributed by atoms with Crippen LogP contribution in [0.5, 0.6) is 0 Å². The van der Waals surface area contributed by atoms with Gasteiger partial charge in [-0.25, -0.2) is 4.68 Å². The average molecular weight is 204 g/mol. The van der Waals surface area contributed by atoms with Gasteiger partial charge in [0.1, 0.15) is 0 Å². The normalized spacial score (nSPS) is 10.2. The zero-order chi connectivity index (χ0) is 10.8. The summed E-state index contributed by atoms with van der Waals surface area (Å²) in [6, 6.07) is 7.66. The molecule has 6 heteroatoms. The Morgan fingerprint density at radius 3 is 2.33 bits per heavy atom. The Bertz CT molecular complexity index is 458. The van der Waals surface area contributed by atoms with Crippen LogP contribution >= 0.6 is 0 Å². The number of benzene rings is 1. The van der Waals surface area contributed by atoms with Crippen molar-refractivity contribution in [2.75, 3.05) is 23.9 Å². The van der Waals surface area contributed by atoms with E-state index in [-0.39, 0.29) is 5.95 Å². The maximum absolute atomic E-state index is 5.66. The summed E-state index contributed by atoms with van der Waals surface area (Å²) >= 11 is 0. The number of aromatic nitrogens is 3. The Labute approximate surface area is 86.9 Å². The minimum atomic E-state index is 0.197. The smallest absolute Gasteiger partial charge is 0.241 e. The van der Waals surface area contributed by atoms with E-state index in [1.807, 2.05) is 31.3 Å². The van der Waals surface area contributed by atoms with Crippen molar-refractivity contribution in [3.05, 3.63) is 24.3 Å². The Morgan fingerprint density at radius 2 is 1.87 bits per heavy atom. The molecule has 0 saturated heterocycles. The van der Waals surface area contributed by atoms with Gasteiger partial charge in [0.05, 0.1) is 0 Å². The molecule has 0 bridgehead atoms. The highest BCUT2D eigenvalue weighted by atomic mass is 15.4. The van der Waals surface area contributed by atoms with E-state index >= 15 is 0 Å². The predicted molar refractivity (Wildman–Crippen MR) is 59.6 cm³/mol. The van der Waals surface area contributed by atoms with Crippen LogP contribution in [0.15, 0.2) is 24.3 Å². The number of rotatable bonds is 2. The summed E-state index contributed by atoms with van der Waals surface area (Å²) in [5.41, 5.74) is 7.38. The van der Waals surface area contributed by atoms with Gasteiger partial charge in [0.15, 0.2) is 5.82 Å². The van der Waals surface area contributed by atoms with Crippen LogP contribution in [-0.4, -0.2) is 21.9 Å². The molecule has 0 unspecified atom stereocenters. The highest BCUT2D eigenvalue weighted by molar-refractivity contribution is 5.60. The average Bonchev–Trinajstić information content (AvgIpc) is 2.60. The molecule has 0 aliphatic heterocycles. The number of anilines is 2. The van der Waals surface area contributed by atoms with E-state index in [0.29, 0.717) is 5.82 Å². The number of hydrogen-bond acceptors (Lipinski definition) is 5. The first-order valence-electron chi connectivity index (χ1n) is 4.46. The van der Waals surface area contributed by atoms with Crippen molar-refractivity contribution in [1.29, 1.82) is 0 Å². The quantitative estimate of drug-likeness (QED) is 0.611. The van der Waals surface area contributed by atoms with Crippen LogP contribution in [0, 0.1) is 0 Å². The maximum atomic E-state index is 5.66. The van der Waals surface area contributed by atoms with Crippen molar-refractivity contribution in [1.82, 2.24) is 14.9 Å². The SMILES string of the molecule is CNc1ccc(-c2nnc(N)n2N)cc1. The summed E-state index contributed by atoms with van der Waals surface area (Å²) in [5.74, 6) is 6.40. The van der Waals surface area contributed by atoms with Crippen LogP contribution in [0.4, 0.5) is 11.6 Å². The van der Waals surface area contributed by atoms with Crippen molar-refractivity contribution in [2.24, 2.45) is 0 Å². The third-order valence-corrected chi connectivity index (χ3v) is 2.15. The summed E-state index contributed by atoms with van der Waals surface area (Å²) in [7, 11) is 1.86. The monoisotopic (exact) mass is 204 g/mol. The molecule has 6 nitrogen and oxygen atoms in total. The number of nitrogen functional groups attached to an aromatic ring is 2. The number of hydrogen-bond donors (Lipinski definition) is 3. The van der Waals surface area contributed by atoms with Crippen LogP contribution in [0.25, 0.3) is 11.4 Å². The molecule has 0 atom stereocenters. The lowest BCUT2D eigenvalue weighted by molar-refractivity contribution is 1.02. The van der Waals surface area contributed by atoms with Gasteiger partial charge in [-0.3, -0.25) is 0 Å². The van der Waals surface area contributed by atoms with Crippen LogP contribution in [0.1, 0.15) is 0 Å². The molecule has 0 aliphatic carbocycles. The molecule has 78 valence electrons. The molecule has 0 saturated carbocycles. The van der Waals surface area contributed by atoms with Gasteiger partial charge in [0.25, 0.3) is 0 Å². The first-order chi connectivity index (χ1) is 7.22. The molecular formula is C9H12N6. The molecule has 2 aromatic rings. The van der Waals surface area contributed by atoms with Gasteiger partial charge in [0, 0.05) is 18.3 Å². The number of nitrogens with one attached hydrogen (secondary N) is 1. The fourth-order valence-corrected chi connectivity index (χ4v) is 1.29. The molecule has 15 heavy (non-hydrogen) atoms. The largest absolute Gasteiger partial charge is 0.388 e. The predicted octanol–water partition coefficient (Wildman–Crippen LogP) is 0.283. The molecule has 0 spiro atoms. The Hall–Kier alpha value is -2.24. The standard InChI is InChI=1S/C9H12N6/c1-12-7-4-2-6(3-5-7)8-13-14-9(10)15(8)11/h2-5,12H,11H2,1H3,(H2,10,14). The maximum Gasteiger partial charge on any atom is 0.241 e. The first-order valence-corrected chi connectivity index (χ1v) is 4.46. The van der Waals surface area contributed by atoms with Gasteiger partial charge in [-0.1, -0.05) is 0 Å². The van der Waals surface area contributed by atoms with Crippen LogP contribution in [0.2, 0.25) is 0 Å². The molecule has 0 radical (unpaired) electrons. The molecule has 0 fully saturated rings. The fraction of sp³-hybridized carbons (Fsp3) is 0.111. The van der Waals surface area contributed by atoms with E-state index in [4.69, 9.17) is 11.6 Å². The van der Waals surface area contributed by atoms with Crippen molar-refractivity contribution >= 4 is 11.6 Å². The van der Waals surface area contributed by atoms with Gasteiger partial charge >= 0.3 is 0 Å². The van der Waals surface area contributed by atoms with Crippen molar-refractivity contribution in [3.63, 3.8) is 0 Å². The van der Waals surface area contributed by atoms with E-state index in [1.165, 1.54) is 4.68 Å². The second-order valence-corrected chi connectivity index (χ2v) is 3.08. The van der Waals surface area contributed by atoms with Gasteiger partial charge in [-0.2, -0.15) is 0 Å². The molecule has 1 aromatic carbocycles. The van der Waals surface area contributed by atoms with E-state index in [1.54, 1.807) is 0 Å². The van der Waals surface area contributed by atoms with Crippen LogP contribution in [-0.2, 0) is 0 Å². The lowest BCUT2D eigenvalue weighted by Gasteiger charge is -2.03. The molecule has 2 rings (SSSR count). The molecular weight excluding hydrogens is 192 g/mol. The van der Waals surface area contributed by atoms with Gasteiger partial charge in [-0.15, -0.1) is 10.2 Å². The van der Waals surface area contributed by atoms with Crippen molar-refractivity contribution in [2.45, 2.75) is 0 Å².